The number of H-pyrrole nitrogens is 1. The molecular weight excluding hydrogens is 272 g/mol. The molecule has 6 heteroatoms. The number of esters is 2. The number of hydrogen-bond donors (Lipinski definition) is 2. The number of fused-ring (bicyclic) bond motifs is 3. The molecule has 0 fully saturated rings. The first-order chi connectivity index (χ1) is 10.2. The molecule has 0 spiro atoms. The largest absolute Gasteiger partial charge is 0.468 e. The van der Waals surface area contributed by atoms with E-state index in [9.17, 15) is 9.59 Å². The number of benzene rings is 1. The van der Waals surface area contributed by atoms with E-state index in [0.717, 1.165) is 22.2 Å². The number of rotatable bonds is 2. The van der Waals surface area contributed by atoms with Gasteiger partial charge in [0, 0.05) is 23.0 Å². The fraction of sp³-hybridized carbons (Fsp3) is 0.333. The van der Waals surface area contributed by atoms with Crippen molar-refractivity contribution in [3.63, 3.8) is 0 Å². The van der Waals surface area contributed by atoms with E-state index in [4.69, 9.17) is 9.47 Å². The van der Waals surface area contributed by atoms with Crippen LogP contribution in [0.5, 0.6) is 0 Å². The highest BCUT2D eigenvalue weighted by molar-refractivity contribution is 5.90. The molecule has 2 heterocycles. The SMILES string of the molecule is COC(=O)[C@@H]1Cc2c([nH]c3ccccc23)[C@H](C(=O)OC)N1. The van der Waals surface area contributed by atoms with Crippen LogP contribution in [-0.2, 0) is 25.5 Å². The average molecular weight is 288 g/mol. The smallest absolute Gasteiger partial charge is 0.329 e. The molecule has 1 aliphatic rings. The Morgan fingerprint density at radius 1 is 1.14 bits per heavy atom. The van der Waals surface area contributed by atoms with Gasteiger partial charge in [-0.1, -0.05) is 18.2 Å². The van der Waals surface area contributed by atoms with Gasteiger partial charge in [0.25, 0.3) is 0 Å². The summed E-state index contributed by atoms with van der Waals surface area (Å²) in [5.41, 5.74) is 2.64. The van der Waals surface area contributed by atoms with Crippen LogP contribution in [0.1, 0.15) is 17.3 Å². The van der Waals surface area contributed by atoms with E-state index in [2.05, 4.69) is 10.3 Å². The van der Waals surface area contributed by atoms with Crippen LogP contribution in [0.15, 0.2) is 24.3 Å². The van der Waals surface area contributed by atoms with Crippen molar-refractivity contribution in [2.45, 2.75) is 18.5 Å². The van der Waals surface area contributed by atoms with Gasteiger partial charge < -0.3 is 14.5 Å². The minimum Gasteiger partial charge on any atom is -0.468 e. The Balaban J connectivity index is 2.12. The quantitative estimate of drug-likeness (QED) is 0.808. The fourth-order valence-electron chi connectivity index (χ4n) is 2.83. The summed E-state index contributed by atoms with van der Waals surface area (Å²) in [7, 11) is 2.66. The number of carbonyl (C=O) groups excluding carboxylic acids is 2. The Labute approximate surface area is 121 Å². The van der Waals surface area contributed by atoms with Gasteiger partial charge in [-0.05, 0) is 11.6 Å². The first kappa shape index (κ1) is 13.6. The second-order valence-corrected chi connectivity index (χ2v) is 4.97. The van der Waals surface area contributed by atoms with Crippen molar-refractivity contribution >= 4 is 22.8 Å². The van der Waals surface area contributed by atoms with Crippen LogP contribution < -0.4 is 5.32 Å². The van der Waals surface area contributed by atoms with Gasteiger partial charge in [0.05, 0.1) is 14.2 Å². The van der Waals surface area contributed by atoms with Crippen molar-refractivity contribution in [1.29, 1.82) is 0 Å². The summed E-state index contributed by atoms with van der Waals surface area (Å²) in [6.07, 6.45) is 0.472. The lowest BCUT2D eigenvalue weighted by Gasteiger charge is -2.28. The molecule has 2 aromatic rings. The zero-order chi connectivity index (χ0) is 15.0. The number of aromatic amines is 1. The Kier molecular flexibility index (Phi) is 3.39. The molecule has 1 aromatic carbocycles. The molecule has 0 saturated carbocycles. The molecule has 0 radical (unpaired) electrons. The maximum absolute atomic E-state index is 12.0. The van der Waals surface area contributed by atoms with Gasteiger partial charge in [-0.25, -0.2) is 4.79 Å². The van der Waals surface area contributed by atoms with E-state index < -0.39 is 18.1 Å². The third-order valence-electron chi connectivity index (χ3n) is 3.83. The monoisotopic (exact) mass is 288 g/mol. The first-order valence-electron chi connectivity index (χ1n) is 6.67. The van der Waals surface area contributed by atoms with E-state index in [1.165, 1.54) is 14.2 Å². The lowest BCUT2D eigenvalue weighted by molar-refractivity contribution is -0.147. The maximum atomic E-state index is 12.0. The van der Waals surface area contributed by atoms with E-state index in [1.54, 1.807) is 0 Å². The van der Waals surface area contributed by atoms with Gasteiger partial charge in [-0.3, -0.25) is 10.1 Å². The van der Waals surface area contributed by atoms with Crippen LogP contribution in [0.3, 0.4) is 0 Å². The molecule has 0 aliphatic carbocycles. The van der Waals surface area contributed by atoms with Crippen LogP contribution in [0.25, 0.3) is 10.9 Å². The highest BCUT2D eigenvalue weighted by Gasteiger charge is 2.37. The molecule has 0 bridgehead atoms. The van der Waals surface area contributed by atoms with Crippen molar-refractivity contribution in [2.75, 3.05) is 14.2 Å². The standard InChI is InChI=1S/C15H16N2O4/c1-20-14(18)11-7-9-8-5-3-4-6-10(8)16-12(9)13(17-11)15(19)21-2/h3-6,11,13,16-17H,7H2,1-2H3/t11-,13+/m0/s1. The first-order valence-corrected chi connectivity index (χ1v) is 6.67. The van der Waals surface area contributed by atoms with Gasteiger partial charge in [-0.15, -0.1) is 0 Å². The number of ether oxygens (including phenoxy) is 2. The van der Waals surface area contributed by atoms with Gasteiger partial charge in [0.15, 0.2) is 0 Å². The van der Waals surface area contributed by atoms with Crippen LogP contribution in [-0.4, -0.2) is 37.2 Å². The molecule has 0 saturated heterocycles. The number of nitrogens with one attached hydrogen (secondary N) is 2. The van der Waals surface area contributed by atoms with E-state index >= 15 is 0 Å². The summed E-state index contributed by atoms with van der Waals surface area (Å²) in [6.45, 7) is 0. The zero-order valence-corrected chi connectivity index (χ0v) is 11.8. The van der Waals surface area contributed by atoms with Crippen molar-refractivity contribution in [3.05, 3.63) is 35.5 Å². The molecule has 0 amide bonds. The highest BCUT2D eigenvalue weighted by Crippen LogP contribution is 2.32. The minimum atomic E-state index is -0.699. The van der Waals surface area contributed by atoms with Crippen LogP contribution >= 0.6 is 0 Å². The Bertz CT molecular complexity index is 707. The second kappa shape index (κ2) is 5.21. The van der Waals surface area contributed by atoms with Crippen molar-refractivity contribution in [1.82, 2.24) is 10.3 Å². The molecule has 110 valence electrons. The predicted octanol–water partition coefficient (Wildman–Crippen LogP) is 1.07. The van der Waals surface area contributed by atoms with Crippen LogP contribution in [0, 0.1) is 0 Å². The summed E-state index contributed by atoms with van der Waals surface area (Å²) in [5.74, 6) is -0.823. The van der Waals surface area contributed by atoms with E-state index in [-0.39, 0.29) is 5.97 Å². The second-order valence-electron chi connectivity index (χ2n) is 4.97. The molecule has 21 heavy (non-hydrogen) atoms. The topological polar surface area (TPSA) is 80.4 Å². The molecule has 2 atom stereocenters. The van der Waals surface area contributed by atoms with E-state index in [0.29, 0.717) is 6.42 Å². The molecule has 1 aromatic heterocycles. The lowest BCUT2D eigenvalue weighted by Crippen LogP contribution is -2.48. The summed E-state index contributed by atoms with van der Waals surface area (Å²) in [4.78, 5) is 27.1. The van der Waals surface area contributed by atoms with Gasteiger partial charge in [0.1, 0.15) is 12.1 Å². The summed E-state index contributed by atoms with van der Waals surface area (Å²) in [5, 5.41) is 4.00. The number of hydrogen-bond acceptors (Lipinski definition) is 5. The Hall–Kier alpha value is -2.34. The average Bonchev–Trinajstić information content (AvgIpc) is 2.91. The van der Waals surface area contributed by atoms with Crippen LogP contribution in [0.4, 0.5) is 0 Å². The van der Waals surface area contributed by atoms with Gasteiger partial charge >= 0.3 is 11.9 Å². The molecule has 2 N–H and O–H groups in total. The number of carbonyl (C=O) groups is 2. The molecular formula is C15H16N2O4. The number of methoxy groups -OCH3 is 2. The van der Waals surface area contributed by atoms with Gasteiger partial charge in [0.2, 0.25) is 0 Å². The summed E-state index contributed by atoms with van der Waals surface area (Å²) in [6, 6.07) is 6.50. The Morgan fingerprint density at radius 2 is 1.86 bits per heavy atom. The fourth-order valence-corrected chi connectivity index (χ4v) is 2.83. The molecule has 0 unspecified atom stereocenters. The summed E-state index contributed by atoms with van der Waals surface area (Å²) >= 11 is 0. The normalized spacial score (nSPS) is 20.9. The van der Waals surface area contributed by atoms with Gasteiger partial charge in [-0.2, -0.15) is 0 Å². The maximum Gasteiger partial charge on any atom is 0.329 e. The minimum absolute atomic E-state index is 0.389. The molecule has 6 nitrogen and oxygen atoms in total. The van der Waals surface area contributed by atoms with Crippen molar-refractivity contribution in [3.8, 4) is 0 Å². The highest BCUT2D eigenvalue weighted by atomic mass is 16.5. The Morgan fingerprint density at radius 3 is 2.57 bits per heavy atom. The molecule has 1 aliphatic heterocycles. The number of aromatic nitrogens is 1. The van der Waals surface area contributed by atoms with E-state index in [1.807, 2.05) is 24.3 Å². The lowest BCUT2D eigenvalue weighted by atomic mass is 9.94. The number of para-hydroxylation sites is 1. The van der Waals surface area contributed by atoms with Crippen LogP contribution in [0.2, 0.25) is 0 Å². The third kappa shape index (κ3) is 2.17. The third-order valence-corrected chi connectivity index (χ3v) is 3.83. The predicted molar refractivity (Wildman–Crippen MR) is 75.7 cm³/mol. The van der Waals surface area contributed by atoms with Crippen molar-refractivity contribution in [2.24, 2.45) is 0 Å². The van der Waals surface area contributed by atoms with Crippen molar-refractivity contribution < 1.29 is 19.1 Å². The zero-order valence-electron chi connectivity index (χ0n) is 11.8. The summed E-state index contributed by atoms with van der Waals surface area (Å²) < 4.78 is 9.62. The molecule has 3 rings (SSSR count).